The average molecular weight is 301 g/mol. The number of carboxylic acids is 1. The molecule has 1 aromatic carbocycles. The van der Waals surface area contributed by atoms with Crippen LogP contribution in [0.4, 0.5) is 0 Å². The molecule has 1 aliphatic rings. The summed E-state index contributed by atoms with van der Waals surface area (Å²) in [6, 6.07) is 5.53. The highest BCUT2D eigenvalue weighted by Crippen LogP contribution is 2.31. The minimum atomic E-state index is -1.15. The van der Waals surface area contributed by atoms with E-state index in [1.807, 2.05) is 26.0 Å². The van der Waals surface area contributed by atoms with Gasteiger partial charge in [0.05, 0.1) is 0 Å². The summed E-state index contributed by atoms with van der Waals surface area (Å²) in [6.45, 7) is 3.98. The van der Waals surface area contributed by atoms with Gasteiger partial charge in [0.1, 0.15) is 11.1 Å². The van der Waals surface area contributed by atoms with Crippen LogP contribution in [0.2, 0.25) is 0 Å². The molecule has 5 nitrogen and oxygen atoms in total. The molecule has 5 heteroatoms. The molecule has 0 saturated heterocycles. The number of carboxylic acid groups (broad SMARTS) is 1. The lowest BCUT2D eigenvalue weighted by Gasteiger charge is -2.24. The van der Waals surface area contributed by atoms with Crippen molar-refractivity contribution in [1.29, 1.82) is 0 Å². The number of amides is 1. The number of carbonyl (C=O) groups is 2. The van der Waals surface area contributed by atoms with E-state index >= 15 is 0 Å². The fourth-order valence-corrected chi connectivity index (χ4v) is 3.06. The van der Waals surface area contributed by atoms with Crippen molar-refractivity contribution in [3.63, 3.8) is 0 Å². The van der Waals surface area contributed by atoms with Gasteiger partial charge in [-0.1, -0.05) is 12.8 Å². The van der Waals surface area contributed by atoms with Crippen LogP contribution >= 0.6 is 0 Å². The third kappa shape index (κ3) is 2.36. The number of hydrogen-bond acceptors (Lipinski definition) is 3. The molecule has 0 bridgehead atoms. The van der Waals surface area contributed by atoms with Gasteiger partial charge in [0, 0.05) is 5.39 Å². The van der Waals surface area contributed by atoms with Gasteiger partial charge in [-0.25, -0.2) is 4.79 Å². The van der Waals surface area contributed by atoms with E-state index in [0.29, 0.717) is 18.4 Å². The van der Waals surface area contributed by atoms with E-state index in [4.69, 9.17) is 4.42 Å². The number of furan rings is 1. The molecule has 3 rings (SSSR count). The first kappa shape index (κ1) is 14.6. The van der Waals surface area contributed by atoms with Crippen molar-refractivity contribution in [3.8, 4) is 0 Å². The molecule has 0 aliphatic heterocycles. The zero-order chi connectivity index (χ0) is 15.9. The van der Waals surface area contributed by atoms with Gasteiger partial charge in [-0.3, -0.25) is 4.79 Å². The molecule has 0 spiro atoms. The van der Waals surface area contributed by atoms with Gasteiger partial charge in [-0.2, -0.15) is 0 Å². The Labute approximate surface area is 128 Å². The molecule has 0 atom stereocenters. The Kier molecular flexibility index (Phi) is 3.43. The maximum Gasteiger partial charge on any atom is 0.329 e. The van der Waals surface area contributed by atoms with Crippen molar-refractivity contribution in [3.05, 3.63) is 35.1 Å². The standard InChI is InChI=1S/C17H19NO4/c1-10-7-12-9-14(22-13(12)8-11(10)2)15(19)18-17(16(20)21)5-3-4-6-17/h7-9H,3-6H2,1-2H3,(H,18,19)(H,20,21). The summed E-state index contributed by atoms with van der Waals surface area (Å²) >= 11 is 0. The Balaban J connectivity index is 1.90. The maximum absolute atomic E-state index is 12.4. The van der Waals surface area contributed by atoms with Crippen LogP contribution in [-0.4, -0.2) is 22.5 Å². The number of aryl methyl sites for hydroxylation is 2. The summed E-state index contributed by atoms with van der Waals surface area (Å²) in [4.78, 5) is 23.9. The van der Waals surface area contributed by atoms with Crippen molar-refractivity contribution >= 4 is 22.8 Å². The third-order valence-corrected chi connectivity index (χ3v) is 4.58. The molecule has 0 radical (unpaired) electrons. The van der Waals surface area contributed by atoms with Gasteiger partial charge in [0.15, 0.2) is 5.76 Å². The van der Waals surface area contributed by atoms with Gasteiger partial charge in [-0.15, -0.1) is 0 Å². The monoisotopic (exact) mass is 301 g/mol. The predicted octanol–water partition coefficient (Wildman–Crippen LogP) is 3.18. The first-order valence-corrected chi connectivity index (χ1v) is 7.48. The zero-order valence-electron chi connectivity index (χ0n) is 12.7. The smallest absolute Gasteiger partial charge is 0.329 e. The summed E-state index contributed by atoms with van der Waals surface area (Å²) < 4.78 is 5.60. The topological polar surface area (TPSA) is 79.5 Å². The van der Waals surface area contributed by atoms with E-state index in [2.05, 4.69) is 5.32 Å². The normalized spacial score (nSPS) is 16.8. The van der Waals surface area contributed by atoms with Crippen molar-refractivity contribution in [2.24, 2.45) is 0 Å². The fraction of sp³-hybridized carbons (Fsp3) is 0.412. The average Bonchev–Trinajstić information content (AvgIpc) is 3.07. The van der Waals surface area contributed by atoms with Crippen LogP contribution in [0.15, 0.2) is 22.6 Å². The van der Waals surface area contributed by atoms with Crippen molar-refractivity contribution in [1.82, 2.24) is 5.32 Å². The summed E-state index contributed by atoms with van der Waals surface area (Å²) in [5, 5.41) is 12.9. The molecule has 2 aromatic rings. The largest absolute Gasteiger partial charge is 0.480 e. The van der Waals surface area contributed by atoms with E-state index in [1.54, 1.807) is 6.07 Å². The highest BCUT2D eigenvalue weighted by atomic mass is 16.4. The Morgan fingerprint density at radius 1 is 1.14 bits per heavy atom. The molecular formula is C17H19NO4. The first-order valence-electron chi connectivity index (χ1n) is 7.48. The molecule has 1 aromatic heterocycles. The van der Waals surface area contributed by atoms with E-state index in [9.17, 15) is 14.7 Å². The van der Waals surface area contributed by atoms with Crippen molar-refractivity contribution in [2.75, 3.05) is 0 Å². The van der Waals surface area contributed by atoms with Crippen LogP contribution in [-0.2, 0) is 4.79 Å². The number of aliphatic carboxylic acids is 1. The van der Waals surface area contributed by atoms with Gasteiger partial charge in [0.2, 0.25) is 0 Å². The number of benzene rings is 1. The third-order valence-electron chi connectivity index (χ3n) is 4.58. The first-order chi connectivity index (χ1) is 10.4. The molecule has 1 saturated carbocycles. The Morgan fingerprint density at radius 2 is 1.77 bits per heavy atom. The van der Waals surface area contributed by atoms with Crippen LogP contribution < -0.4 is 5.32 Å². The van der Waals surface area contributed by atoms with Crippen LogP contribution in [0.5, 0.6) is 0 Å². The number of fused-ring (bicyclic) bond motifs is 1. The second-order valence-corrected chi connectivity index (χ2v) is 6.13. The molecule has 0 unspecified atom stereocenters. The Bertz CT molecular complexity index is 714. The van der Waals surface area contributed by atoms with E-state index in [0.717, 1.165) is 29.4 Å². The highest BCUT2D eigenvalue weighted by molar-refractivity contribution is 5.99. The second kappa shape index (κ2) is 5.16. The van der Waals surface area contributed by atoms with Gasteiger partial charge in [-0.05, 0) is 56.0 Å². The minimum Gasteiger partial charge on any atom is -0.480 e. The lowest BCUT2D eigenvalue weighted by Crippen LogP contribution is -2.52. The van der Waals surface area contributed by atoms with Gasteiger partial charge in [0.25, 0.3) is 5.91 Å². The molecule has 2 N–H and O–H groups in total. The minimum absolute atomic E-state index is 0.160. The highest BCUT2D eigenvalue weighted by Gasteiger charge is 2.43. The lowest BCUT2D eigenvalue weighted by molar-refractivity contribution is -0.144. The molecule has 1 amide bonds. The lowest BCUT2D eigenvalue weighted by atomic mass is 9.97. The van der Waals surface area contributed by atoms with Crippen LogP contribution in [0.25, 0.3) is 11.0 Å². The van der Waals surface area contributed by atoms with E-state index in [-0.39, 0.29) is 5.76 Å². The summed E-state index contributed by atoms with van der Waals surface area (Å²) in [7, 11) is 0. The Hall–Kier alpha value is -2.30. The van der Waals surface area contributed by atoms with E-state index in [1.165, 1.54) is 0 Å². The molecule has 116 valence electrons. The van der Waals surface area contributed by atoms with Crippen LogP contribution in [0.1, 0.15) is 47.4 Å². The number of hydrogen-bond donors (Lipinski definition) is 2. The van der Waals surface area contributed by atoms with Crippen LogP contribution in [0.3, 0.4) is 0 Å². The zero-order valence-corrected chi connectivity index (χ0v) is 12.7. The summed E-state index contributed by atoms with van der Waals surface area (Å²) in [5.41, 5.74) is 1.70. The molecule has 1 heterocycles. The van der Waals surface area contributed by atoms with Crippen molar-refractivity contribution < 1.29 is 19.1 Å². The quantitative estimate of drug-likeness (QED) is 0.912. The fourth-order valence-electron chi connectivity index (χ4n) is 3.06. The SMILES string of the molecule is Cc1cc2cc(C(=O)NC3(C(=O)O)CCCC3)oc2cc1C. The summed E-state index contributed by atoms with van der Waals surface area (Å²) in [6.07, 6.45) is 2.55. The van der Waals surface area contributed by atoms with Crippen molar-refractivity contribution in [2.45, 2.75) is 45.1 Å². The molecule has 1 fully saturated rings. The predicted molar refractivity (Wildman–Crippen MR) is 82.0 cm³/mol. The van der Waals surface area contributed by atoms with Crippen LogP contribution in [0, 0.1) is 13.8 Å². The number of rotatable bonds is 3. The number of nitrogens with one attached hydrogen (secondary N) is 1. The maximum atomic E-state index is 12.4. The summed E-state index contributed by atoms with van der Waals surface area (Å²) in [5.74, 6) is -1.27. The second-order valence-electron chi connectivity index (χ2n) is 6.13. The Morgan fingerprint density at radius 3 is 2.41 bits per heavy atom. The molecule has 1 aliphatic carbocycles. The van der Waals surface area contributed by atoms with Gasteiger partial charge >= 0.3 is 5.97 Å². The van der Waals surface area contributed by atoms with Gasteiger partial charge < -0.3 is 14.8 Å². The number of carbonyl (C=O) groups excluding carboxylic acids is 1. The molecule has 22 heavy (non-hydrogen) atoms. The molecular weight excluding hydrogens is 282 g/mol. The van der Waals surface area contributed by atoms with E-state index < -0.39 is 17.4 Å².